The number of aromatic hydroxyl groups is 1. The molecule has 0 aliphatic rings. The number of hydrogen-bond donors (Lipinski definition) is 2. The van der Waals surface area contributed by atoms with Crippen LogP contribution in [-0.2, 0) is 6.54 Å². The molecule has 0 saturated heterocycles. The monoisotopic (exact) mass is 269 g/mol. The van der Waals surface area contributed by atoms with Crippen molar-refractivity contribution in [2.24, 2.45) is 0 Å². The standard InChI is InChI=1S/C17H19NO2/c1-12(2)14-6-8-15(9-7-14)17(20)18-11-13-4-3-5-16(19)10-13/h3-10,12,19H,11H2,1-2H3,(H,18,20). The van der Waals surface area contributed by atoms with Gasteiger partial charge in [-0.2, -0.15) is 0 Å². The van der Waals surface area contributed by atoms with E-state index in [1.807, 2.05) is 30.3 Å². The summed E-state index contributed by atoms with van der Waals surface area (Å²) in [4.78, 5) is 12.0. The van der Waals surface area contributed by atoms with Gasteiger partial charge in [-0.15, -0.1) is 0 Å². The Balaban J connectivity index is 1.98. The van der Waals surface area contributed by atoms with E-state index in [0.717, 1.165) is 5.56 Å². The van der Waals surface area contributed by atoms with Crippen LogP contribution in [0.15, 0.2) is 48.5 Å². The van der Waals surface area contributed by atoms with Crippen molar-refractivity contribution in [2.45, 2.75) is 26.3 Å². The molecule has 0 aliphatic carbocycles. The zero-order valence-electron chi connectivity index (χ0n) is 11.8. The lowest BCUT2D eigenvalue weighted by molar-refractivity contribution is 0.0951. The first-order valence-electron chi connectivity index (χ1n) is 6.72. The van der Waals surface area contributed by atoms with Gasteiger partial charge in [-0.3, -0.25) is 4.79 Å². The summed E-state index contributed by atoms with van der Waals surface area (Å²) in [6.07, 6.45) is 0. The van der Waals surface area contributed by atoms with Gasteiger partial charge in [0.1, 0.15) is 5.75 Å². The lowest BCUT2D eigenvalue weighted by atomic mass is 10.0. The highest BCUT2D eigenvalue weighted by atomic mass is 16.3. The molecule has 0 saturated carbocycles. The summed E-state index contributed by atoms with van der Waals surface area (Å²) in [6.45, 7) is 4.65. The summed E-state index contributed by atoms with van der Waals surface area (Å²) in [5.74, 6) is 0.557. The second-order valence-electron chi connectivity index (χ2n) is 5.13. The van der Waals surface area contributed by atoms with Crippen molar-refractivity contribution in [3.8, 4) is 5.75 Å². The number of carbonyl (C=O) groups is 1. The molecule has 0 bridgehead atoms. The highest BCUT2D eigenvalue weighted by molar-refractivity contribution is 5.94. The molecule has 0 fully saturated rings. The van der Waals surface area contributed by atoms with Crippen LogP contribution in [0.5, 0.6) is 5.75 Å². The molecule has 2 aromatic rings. The predicted octanol–water partition coefficient (Wildman–Crippen LogP) is 3.45. The maximum Gasteiger partial charge on any atom is 0.251 e. The number of rotatable bonds is 4. The van der Waals surface area contributed by atoms with Crippen molar-refractivity contribution in [3.05, 3.63) is 65.2 Å². The molecular weight excluding hydrogens is 250 g/mol. The molecule has 0 aromatic heterocycles. The maximum atomic E-state index is 12.0. The second kappa shape index (κ2) is 6.24. The first kappa shape index (κ1) is 14.1. The summed E-state index contributed by atoms with van der Waals surface area (Å²) in [5.41, 5.74) is 2.74. The van der Waals surface area contributed by atoms with Gasteiger partial charge in [-0.05, 0) is 41.3 Å². The molecule has 3 heteroatoms. The van der Waals surface area contributed by atoms with Gasteiger partial charge in [0.05, 0.1) is 0 Å². The van der Waals surface area contributed by atoms with E-state index in [-0.39, 0.29) is 11.7 Å². The number of phenols is 1. The van der Waals surface area contributed by atoms with Crippen molar-refractivity contribution < 1.29 is 9.90 Å². The largest absolute Gasteiger partial charge is 0.508 e. The Kier molecular flexibility index (Phi) is 4.41. The molecule has 2 N–H and O–H groups in total. The minimum Gasteiger partial charge on any atom is -0.508 e. The molecule has 1 amide bonds. The van der Waals surface area contributed by atoms with E-state index in [4.69, 9.17) is 0 Å². The average molecular weight is 269 g/mol. The van der Waals surface area contributed by atoms with Crippen LogP contribution in [0.2, 0.25) is 0 Å². The van der Waals surface area contributed by atoms with Crippen LogP contribution in [0.25, 0.3) is 0 Å². The molecule has 104 valence electrons. The van der Waals surface area contributed by atoms with Crippen LogP contribution < -0.4 is 5.32 Å². The molecule has 20 heavy (non-hydrogen) atoms. The molecule has 0 spiro atoms. The summed E-state index contributed by atoms with van der Waals surface area (Å²) >= 11 is 0. The van der Waals surface area contributed by atoms with Crippen LogP contribution in [0.3, 0.4) is 0 Å². The van der Waals surface area contributed by atoms with E-state index in [1.54, 1.807) is 18.2 Å². The van der Waals surface area contributed by atoms with Gasteiger partial charge in [-0.25, -0.2) is 0 Å². The van der Waals surface area contributed by atoms with Crippen molar-refractivity contribution in [1.29, 1.82) is 0 Å². The second-order valence-corrected chi connectivity index (χ2v) is 5.13. The molecule has 0 radical (unpaired) electrons. The number of benzene rings is 2. The van der Waals surface area contributed by atoms with Gasteiger partial charge in [0.15, 0.2) is 0 Å². The minimum atomic E-state index is -0.108. The van der Waals surface area contributed by atoms with Crippen molar-refractivity contribution in [2.75, 3.05) is 0 Å². The fraction of sp³-hybridized carbons (Fsp3) is 0.235. The first-order chi connectivity index (χ1) is 9.56. The summed E-state index contributed by atoms with van der Waals surface area (Å²) < 4.78 is 0. The van der Waals surface area contributed by atoms with Crippen LogP contribution in [0, 0.1) is 0 Å². The first-order valence-corrected chi connectivity index (χ1v) is 6.72. The van der Waals surface area contributed by atoms with Crippen LogP contribution >= 0.6 is 0 Å². The van der Waals surface area contributed by atoms with E-state index in [2.05, 4.69) is 19.2 Å². The molecule has 0 heterocycles. The molecule has 0 atom stereocenters. The summed E-state index contributed by atoms with van der Waals surface area (Å²) in [7, 11) is 0. The third-order valence-corrected chi connectivity index (χ3v) is 3.20. The predicted molar refractivity (Wildman–Crippen MR) is 79.8 cm³/mol. The zero-order chi connectivity index (χ0) is 14.5. The highest BCUT2D eigenvalue weighted by Crippen LogP contribution is 2.15. The van der Waals surface area contributed by atoms with Gasteiger partial charge in [0.25, 0.3) is 5.91 Å². The zero-order valence-corrected chi connectivity index (χ0v) is 11.8. The van der Waals surface area contributed by atoms with E-state index in [1.165, 1.54) is 5.56 Å². The lowest BCUT2D eigenvalue weighted by Crippen LogP contribution is -2.22. The number of nitrogens with one attached hydrogen (secondary N) is 1. The van der Waals surface area contributed by atoms with Gasteiger partial charge in [-0.1, -0.05) is 38.1 Å². The Morgan fingerprint density at radius 3 is 2.45 bits per heavy atom. The molecule has 2 aromatic carbocycles. The number of amides is 1. The molecule has 0 aliphatic heterocycles. The highest BCUT2D eigenvalue weighted by Gasteiger charge is 2.06. The maximum absolute atomic E-state index is 12.0. The Labute approximate surface area is 119 Å². The quantitative estimate of drug-likeness (QED) is 0.893. The van der Waals surface area contributed by atoms with Crippen LogP contribution in [0.4, 0.5) is 0 Å². The third-order valence-electron chi connectivity index (χ3n) is 3.20. The third kappa shape index (κ3) is 3.60. The van der Waals surface area contributed by atoms with E-state index in [0.29, 0.717) is 18.0 Å². The Bertz CT molecular complexity index is 588. The topological polar surface area (TPSA) is 49.3 Å². The SMILES string of the molecule is CC(C)c1ccc(C(=O)NCc2cccc(O)c2)cc1. The van der Waals surface area contributed by atoms with E-state index >= 15 is 0 Å². The Morgan fingerprint density at radius 2 is 1.85 bits per heavy atom. The van der Waals surface area contributed by atoms with E-state index < -0.39 is 0 Å². The number of phenolic OH excluding ortho intramolecular Hbond substituents is 1. The van der Waals surface area contributed by atoms with Crippen LogP contribution in [0.1, 0.15) is 41.3 Å². The average Bonchev–Trinajstić information content (AvgIpc) is 2.45. The lowest BCUT2D eigenvalue weighted by Gasteiger charge is -2.08. The Hall–Kier alpha value is -2.29. The number of hydrogen-bond acceptors (Lipinski definition) is 2. The summed E-state index contributed by atoms with van der Waals surface area (Å²) in [5, 5.41) is 12.2. The van der Waals surface area contributed by atoms with Gasteiger partial charge in [0.2, 0.25) is 0 Å². The molecular formula is C17H19NO2. The van der Waals surface area contributed by atoms with Crippen molar-refractivity contribution in [3.63, 3.8) is 0 Å². The van der Waals surface area contributed by atoms with Gasteiger partial charge >= 0.3 is 0 Å². The minimum absolute atomic E-state index is 0.108. The van der Waals surface area contributed by atoms with Crippen molar-refractivity contribution >= 4 is 5.91 Å². The smallest absolute Gasteiger partial charge is 0.251 e. The summed E-state index contributed by atoms with van der Waals surface area (Å²) in [6, 6.07) is 14.5. The fourth-order valence-electron chi connectivity index (χ4n) is 1.97. The fourth-order valence-corrected chi connectivity index (χ4v) is 1.97. The van der Waals surface area contributed by atoms with Gasteiger partial charge < -0.3 is 10.4 Å². The molecule has 2 rings (SSSR count). The number of carbonyl (C=O) groups excluding carboxylic acids is 1. The van der Waals surface area contributed by atoms with E-state index in [9.17, 15) is 9.90 Å². The molecule has 3 nitrogen and oxygen atoms in total. The van der Waals surface area contributed by atoms with Crippen molar-refractivity contribution in [1.82, 2.24) is 5.32 Å². The molecule has 0 unspecified atom stereocenters. The Morgan fingerprint density at radius 1 is 1.15 bits per heavy atom. The normalized spacial score (nSPS) is 10.6. The van der Waals surface area contributed by atoms with Crippen LogP contribution in [-0.4, -0.2) is 11.0 Å². The van der Waals surface area contributed by atoms with Gasteiger partial charge in [0, 0.05) is 12.1 Å².